The van der Waals surface area contributed by atoms with E-state index in [4.69, 9.17) is 10.00 Å². The lowest BCUT2D eigenvalue weighted by Crippen LogP contribution is -2.10. The van der Waals surface area contributed by atoms with Crippen molar-refractivity contribution in [3.63, 3.8) is 0 Å². The molecule has 92 valence electrons. The van der Waals surface area contributed by atoms with E-state index in [9.17, 15) is 4.79 Å². The van der Waals surface area contributed by atoms with Crippen LogP contribution in [0.1, 0.15) is 11.1 Å². The third kappa shape index (κ3) is 2.34. The highest BCUT2D eigenvalue weighted by Gasteiger charge is 2.11. The van der Waals surface area contributed by atoms with E-state index in [2.05, 4.69) is 10.8 Å². The minimum absolute atomic E-state index is 0.0762. The molecule has 0 aliphatic heterocycles. The molecule has 0 radical (unpaired) electrons. The summed E-state index contributed by atoms with van der Waals surface area (Å²) < 4.78 is 11.5. The molecule has 5 heteroatoms. The Morgan fingerprint density at radius 1 is 1.50 bits per heavy atom. The van der Waals surface area contributed by atoms with Gasteiger partial charge in [-0.1, -0.05) is 6.07 Å². The Bertz CT molecular complexity index is 610. The summed E-state index contributed by atoms with van der Waals surface area (Å²) in [7, 11) is 1.43. The number of hydrogen-bond donors (Lipinski definition) is 0. The van der Waals surface area contributed by atoms with Crippen LogP contribution in [0, 0.1) is 11.3 Å². The smallest absolute Gasteiger partial charge is 0.332 e. The molecule has 0 amide bonds. The van der Waals surface area contributed by atoms with Gasteiger partial charge in [0.2, 0.25) is 0 Å². The van der Waals surface area contributed by atoms with Gasteiger partial charge in [0, 0.05) is 25.1 Å². The molecule has 0 saturated heterocycles. The summed E-state index contributed by atoms with van der Waals surface area (Å²) in [6, 6.07) is 7.71. The van der Waals surface area contributed by atoms with Gasteiger partial charge >= 0.3 is 5.97 Å². The lowest BCUT2D eigenvalue weighted by molar-refractivity contribution is -0.149. The molecule has 0 fully saturated rings. The number of ether oxygens (including phenoxy) is 2. The van der Waals surface area contributed by atoms with E-state index in [1.807, 2.05) is 28.8 Å². The molecular weight excluding hydrogens is 232 g/mol. The summed E-state index contributed by atoms with van der Waals surface area (Å²) in [6.07, 6.45) is 3.63. The number of rotatable bonds is 4. The van der Waals surface area contributed by atoms with Crippen LogP contribution in [0.5, 0.6) is 0 Å². The summed E-state index contributed by atoms with van der Waals surface area (Å²) in [5.74, 6) is -0.448. The van der Waals surface area contributed by atoms with Crippen molar-refractivity contribution in [3.8, 4) is 6.07 Å². The monoisotopic (exact) mass is 244 g/mol. The first-order chi connectivity index (χ1) is 8.76. The molecule has 5 nitrogen and oxygen atoms in total. The van der Waals surface area contributed by atoms with Gasteiger partial charge < -0.3 is 13.9 Å². The van der Waals surface area contributed by atoms with E-state index in [0.29, 0.717) is 11.1 Å². The summed E-state index contributed by atoms with van der Waals surface area (Å²) in [6.45, 7) is -0.0119. The van der Waals surface area contributed by atoms with Gasteiger partial charge in [0.15, 0.2) is 0 Å². The van der Waals surface area contributed by atoms with Gasteiger partial charge in [0.05, 0.1) is 11.1 Å². The quantitative estimate of drug-likeness (QED) is 0.764. The van der Waals surface area contributed by atoms with Gasteiger partial charge in [0.25, 0.3) is 0 Å². The van der Waals surface area contributed by atoms with Crippen molar-refractivity contribution in [1.29, 1.82) is 5.26 Å². The molecule has 0 aliphatic rings. The molecule has 0 saturated carbocycles. The maximum Gasteiger partial charge on any atom is 0.332 e. The predicted octanol–water partition coefficient (Wildman–Crippen LogP) is 1.50. The van der Waals surface area contributed by atoms with E-state index in [0.717, 1.165) is 5.52 Å². The topological polar surface area (TPSA) is 63.7 Å². The standard InChI is InChI=1S/C13H12N2O3/c1-17-9-13(16)18-8-10-7-15-5-3-2-4-12(15)11(10)6-14/h2-5,7H,8-9H2,1H3. The maximum absolute atomic E-state index is 11.2. The number of fused-ring (bicyclic) bond motifs is 1. The fourth-order valence-electron chi connectivity index (χ4n) is 1.73. The Kier molecular flexibility index (Phi) is 3.60. The summed E-state index contributed by atoms with van der Waals surface area (Å²) in [5.41, 5.74) is 2.02. The maximum atomic E-state index is 11.2. The highest BCUT2D eigenvalue weighted by Crippen LogP contribution is 2.18. The van der Waals surface area contributed by atoms with Crippen LogP contribution in [0.3, 0.4) is 0 Å². The average molecular weight is 244 g/mol. The lowest BCUT2D eigenvalue weighted by atomic mass is 10.2. The number of pyridine rings is 1. The van der Waals surface area contributed by atoms with Crippen molar-refractivity contribution in [2.75, 3.05) is 13.7 Å². The summed E-state index contributed by atoms with van der Waals surface area (Å²) in [4.78, 5) is 11.2. The molecule has 0 atom stereocenters. The van der Waals surface area contributed by atoms with Gasteiger partial charge in [-0.3, -0.25) is 0 Å². The molecule has 2 heterocycles. The van der Waals surface area contributed by atoms with Gasteiger partial charge in [-0.25, -0.2) is 4.79 Å². The molecule has 0 spiro atoms. The van der Waals surface area contributed by atoms with Crippen LogP contribution in [0.2, 0.25) is 0 Å². The number of methoxy groups -OCH3 is 1. The fraction of sp³-hybridized carbons (Fsp3) is 0.231. The first-order valence-electron chi connectivity index (χ1n) is 5.39. The van der Waals surface area contributed by atoms with Crippen LogP contribution in [0.25, 0.3) is 5.52 Å². The van der Waals surface area contributed by atoms with Crippen LogP contribution in [0.4, 0.5) is 0 Å². The molecule has 18 heavy (non-hydrogen) atoms. The Hall–Kier alpha value is -2.32. The molecule has 0 unspecified atom stereocenters. The molecule has 2 rings (SSSR count). The highest BCUT2D eigenvalue weighted by molar-refractivity contribution is 5.71. The Morgan fingerprint density at radius 2 is 2.33 bits per heavy atom. The number of carbonyl (C=O) groups is 1. The summed E-state index contributed by atoms with van der Waals surface area (Å²) >= 11 is 0. The van der Waals surface area contributed by atoms with Crippen LogP contribution in [-0.4, -0.2) is 24.1 Å². The first-order valence-corrected chi connectivity index (χ1v) is 5.39. The number of nitrogens with zero attached hydrogens (tertiary/aromatic N) is 2. The third-order valence-corrected chi connectivity index (χ3v) is 2.52. The summed E-state index contributed by atoms with van der Waals surface area (Å²) in [5, 5.41) is 9.15. The van der Waals surface area contributed by atoms with Crippen LogP contribution < -0.4 is 0 Å². The zero-order valence-electron chi connectivity index (χ0n) is 9.92. The predicted molar refractivity (Wildman–Crippen MR) is 63.8 cm³/mol. The number of nitriles is 1. The van der Waals surface area contributed by atoms with Crippen molar-refractivity contribution in [2.45, 2.75) is 6.61 Å². The van der Waals surface area contributed by atoms with E-state index in [1.54, 1.807) is 6.20 Å². The minimum atomic E-state index is -0.448. The van der Waals surface area contributed by atoms with Crippen LogP contribution in [-0.2, 0) is 20.9 Å². The molecule has 2 aromatic heterocycles. The number of aromatic nitrogens is 1. The van der Waals surface area contributed by atoms with E-state index < -0.39 is 5.97 Å². The minimum Gasteiger partial charge on any atom is -0.459 e. The molecular formula is C13H12N2O3. The second-order valence-corrected chi connectivity index (χ2v) is 3.73. The van der Waals surface area contributed by atoms with E-state index >= 15 is 0 Å². The average Bonchev–Trinajstić information content (AvgIpc) is 2.74. The Morgan fingerprint density at radius 3 is 3.06 bits per heavy atom. The Labute approximate surface area is 104 Å². The molecule has 0 bridgehead atoms. The molecule has 2 aromatic rings. The highest BCUT2D eigenvalue weighted by atomic mass is 16.6. The first kappa shape index (κ1) is 12.1. The fourth-order valence-corrected chi connectivity index (χ4v) is 1.73. The molecule has 0 aliphatic carbocycles. The molecule has 0 N–H and O–H groups in total. The van der Waals surface area contributed by atoms with E-state index in [-0.39, 0.29) is 13.2 Å². The second-order valence-electron chi connectivity index (χ2n) is 3.73. The second kappa shape index (κ2) is 5.34. The lowest BCUT2D eigenvalue weighted by Gasteiger charge is -2.02. The van der Waals surface area contributed by atoms with Gasteiger partial charge in [-0.2, -0.15) is 5.26 Å². The third-order valence-electron chi connectivity index (χ3n) is 2.52. The van der Waals surface area contributed by atoms with Crippen molar-refractivity contribution in [2.24, 2.45) is 0 Å². The number of carbonyl (C=O) groups excluding carboxylic acids is 1. The van der Waals surface area contributed by atoms with Gasteiger partial charge in [0.1, 0.15) is 19.3 Å². The normalized spacial score (nSPS) is 10.2. The van der Waals surface area contributed by atoms with Crippen molar-refractivity contribution in [1.82, 2.24) is 4.40 Å². The Balaban J connectivity index is 2.23. The van der Waals surface area contributed by atoms with Crippen molar-refractivity contribution < 1.29 is 14.3 Å². The number of hydrogen-bond acceptors (Lipinski definition) is 4. The van der Waals surface area contributed by atoms with Crippen LogP contribution >= 0.6 is 0 Å². The van der Waals surface area contributed by atoms with Crippen LogP contribution in [0.15, 0.2) is 30.6 Å². The van der Waals surface area contributed by atoms with Gasteiger partial charge in [-0.05, 0) is 12.1 Å². The van der Waals surface area contributed by atoms with Crippen molar-refractivity contribution >= 4 is 11.5 Å². The largest absolute Gasteiger partial charge is 0.459 e. The van der Waals surface area contributed by atoms with Gasteiger partial charge in [-0.15, -0.1) is 0 Å². The number of esters is 1. The zero-order valence-corrected chi connectivity index (χ0v) is 9.92. The van der Waals surface area contributed by atoms with Crippen molar-refractivity contribution in [3.05, 3.63) is 41.7 Å². The molecule has 0 aromatic carbocycles. The SMILES string of the molecule is COCC(=O)OCc1cn2ccccc2c1C#N. The zero-order chi connectivity index (χ0) is 13.0. The van der Waals surface area contributed by atoms with E-state index in [1.165, 1.54) is 7.11 Å².